The molecule has 0 aliphatic rings. The van der Waals surface area contributed by atoms with Gasteiger partial charge in [-0.05, 0) is 24.6 Å². The number of nitrogen functional groups attached to an aromatic ring is 1. The van der Waals surface area contributed by atoms with Gasteiger partial charge in [0, 0.05) is 6.20 Å². The molecule has 0 atom stereocenters. The third-order valence-electron chi connectivity index (χ3n) is 1.94. The maximum atomic E-state index is 11.2. The molecular weight excluding hydrogens is 208 g/mol. The van der Waals surface area contributed by atoms with Gasteiger partial charge in [-0.25, -0.2) is 10.6 Å². The molecular formula is C9H10N6O. The quantitative estimate of drug-likeness (QED) is 0.476. The summed E-state index contributed by atoms with van der Waals surface area (Å²) < 4.78 is 0. The van der Waals surface area contributed by atoms with Crippen LogP contribution in [0.3, 0.4) is 0 Å². The number of aromatic nitrogens is 4. The molecule has 0 saturated carbocycles. The van der Waals surface area contributed by atoms with Gasteiger partial charge in [0.25, 0.3) is 0 Å². The first-order valence-electron chi connectivity index (χ1n) is 4.57. The number of nitrogens with zero attached hydrogens (tertiary/aromatic N) is 3. The van der Waals surface area contributed by atoms with Crippen molar-refractivity contribution in [3.05, 3.63) is 34.4 Å². The molecule has 7 heteroatoms. The molecule has 4 N–H and O–H groups in total. The van der Waals surface area contributed by atoms with Crippen LogP contribution in [0.4, 0.5) is 5.95 Å². The maximum Gasteiger partial charge on any atom is 0.349 e. The van der Waals surface area contributed by atoms with Crippen LogP contribution < -0.4 is 17.0 Å². The minimum atomic E-state index is -0.527. The molecule has 0 aliphatic carbocycles. The third-order valence-corrected chi connectivity index (χ3v) is 1.94. The second-order valence-corrected chi connectivity index (χ2v) is 3.19. The number of anilines is 1. The highest BCUT2D eigenvalue weighted by molar-refractivity contribution is 5.50. The fraction of sp³-hybridized carbons (Fsp3) is 0.111. The molecule has 2 heterocycles. The minimum Gasteiger partial charge on any atom is -0.292 e. The number of aryl methyl sites for hydroxylation is 1. The van der Waals surface area contributed by atoms with Crippen LogP contribution in [0.2, 0.25) is 0 Å². The van der Waals surface area contributed by atoms with Crippen LogP contribution in [-0.2, 0) is 0 Å². The normalized spacial score (nSPS) is 10.1. The molecule has 16 heavy (non-hydrogen) atoms. The van der Waals surface area contributed by atoms with Crippen LogP contribution in [-0.4, -0.2) is 19.9 Å². The number of nitrogens with two attached hydrogens (primary N) is 1. The summed E-state index contributed by atoms with van der Waals surface area (Å²) in [7, 11) is 0. The predicted molar refractivity (Wildman–Crippen MR) is 58.4 cm³/mol. The van der Waals surface area contributed by atoms with Crippen molar-refractivity contribution in [2.45, 2.75) is 6.92 Å². The monoisotopic (exact) mass is 218 g/mol. The summed E-state index contributed by atoms with van der Waals surface area (Å²) in [4.78, 5) is 25.3. The van der Waals surface area contributed by atoms with Crippen molar-refractivity contribution in [1.82, 2.24) is 19.9 Å². The SMILES string of the molecule is Cc1ccnc(-c2nc(NN)nc(=O)[nH]2)c1. The van der Waals surface area contributed by atoms with Gasteiger partial charge in [-0.3, -0.25) is 15.4 Å². The Morgan fingerprint density at radius 3 is 2.94 bits per heavy atom. The Morgan fingerprint density at radius 2 is 2.25 bits per heavy atom. The smallest absolute Gasteiger partial charge is 0.292 e. The van der Waals surface area contributed by atoms with Gasteiger partial charge in [-0.1, -0.05) is 0 Å². The zero-order valence-corrected chi connectivity index (χ0v) is 8.56. The van der Waals surface area contributed by atoms with Crippen molar-refractivity contribution >= 4 is 5.95 Å². The molecule has 0 bridgehead atoms. The van der Waals surface area contributed by atoms with E-state index in [9.17, 15) is 4.79 Å². The molecule has 0 unspecified atom stereocenters. The molecule has 0 saturated heterocycles. The van der Waals surface area contributed by atoms with Crippen LogP contribution in [0.1, 0.15) is 5.56 Å². The average Bonchev–Trinajstić information content (AvgIpc) is 2.28. The second kappa shape index (κ2) is 4.07. The fourth-order valence-corrected chi connectivity index (χ4v) is 1.24. The standard InChI is InChI=1S/C9H10N6O/c1-5-2-3-11-6(4-5)7-12-8(15-10)14-9(16)13-7/h2-4H,10H2,1H3,(H2,12,13,14,15,16). The zero-order valence-electron chi connectivity index (χ0n) is 8.56. The van der Waals surface area contributed by atoms with Crippen molar-refractivity contribution in [2.75, 3.05) is 5.43 Å². The molecule has 0 aliphatic heterocycles. The second-order valence-electron chi connectivity index (χ2n) is 3.19. The predicted octanol–water partition coefficient (Wildman–Crippen LogP) is -0.179. The Hall–Kier alpha value is -2.28. The molecule has 7 nitrogen and oxygen atoms in total. The van der Waals surface area contributed by atoms with Crippen molar-refractivity contribution in [3.63, 3.8) is 0 Å². The van der Waals surface area contributed by atoms with Gasteiger partial charge in [-0.2, -0.15) is 9.97 Å². The summed E-state index contributed by atoms with van der Waals surface area (Å²) in [5, 5.41) is 0. The van der Waals surface area contributed by atoms with E-state index < -0.39 is 5.69 Å². The summed E-state index contributed by atoms with van der Waals surface area (Å²) in [5.74, 6) is 5.54. The van der Waals surface area contributed by atoms with Gasteiger partial charge in [-0.15, -0.1) is 0 Å². The van der Waals surface area contributed by atoms with E-state index in [-0.39, 0.29) is 5.95 Å². The van der Waals surface area contributed by atoms with Gasteiger partial charge >= 0.3 is 5.69 Å². The highest BCUT2D eigenvalue weighted by Gasteiger charge is 2.05. The number of aromatic amines is 1. The largest absolute Gasteiger partial charge is 0.349 e. The van der Waals surface area contributed by atoms with Crippen molar-refractivity contribution in [2.24, 2.45) is 5.84 Å². The molecule has 0 amide bonds. The van der Waals surface area contributed by atoms with Gasteiger partial charge in [0.05, 0.1) is 0 Å². The topological polar surface area (TPSA) is 110 Å². The Morgan fingerprint density at radius 1 is 1.44 bits per heavy atom. The van der Waals surface area contributed by atoms with E-state index in [0.29, 0.717) is 11.5 Å². The maximum absolute atomic E-state index is 11.2. The lowest BCUT2D eigenvalue weighted by atomic mass is 10.2. The van der Waals surface area contributed by atoms with E-state index >= 15 is 0 Å². The Kier molecular flexibility index (Phi) is 2.61. The number of hydrogen-bond acceptors (Lipinski definition) is 6. The van der Waals surface area contributed by atoms with E-state index in [1.807, 2.05) is 13.0 Å². The van der Waals surface area contributed by atoms with E-state index in [0.717, 1.165) is 5.56 Å². The van der Waals surface area contributed by atoms with E-state index in [2.05, 4.69) is 25.4 Å². The number of H-pyrrole nitrogens is 1. The van der Waals surface area contributed by atoms with Crippen molar-refractivity contribution < 1.29 is 0 Å². The average molecular weight is 218 g/mol. The van der Waals surface area contributed by atoms with E-state index in [1.54, 1.807) is 12.3 Å². The lowest BCUT2D eigenvalue weighted by Gasteiger charge is -2.02. The number of hydrogen-bond donors (Lipinski definition) is 3. The lowest BCUT2D eigenvalue weighted by molar-refractivity contribution is 0.976. The lowest BCUT2D eigenvalue weighted by Crippen LogP contribution is -2.20. The molecule has 0 fully saturated rings. The Balaban J connectivity index is 2.55. The molecule has 2 aromatic heterocycles. The molecule has 2 rings (SSSR count). The highest BCUT2D eigenvalue weighted by Crippen LogP contribution is 2.11. The van der Waals surface area contributed by atoms with Gasteiger partial charge in [0.2, 0.25) is 5.95 Å². The van der Waals surface area contributed by atoms with Gasteiger partial charge < -0.3 is 0 Å². The van der Waals surface area contributed by atoms with Crippen LogP contribution in [0, 0.1) is 6.92 Å². The van der Waals surface area contributed by atoms with E-state index in [1.165, 1.54) is 0 Å². The van der Waals surface area contributed by atoms with E-state index in [4.69, 9.17) is 5.84 Å². The Labute approximate surface area is 90.8 Å². The minimum absolute atomic E-state index is 0.0575. The third kappa shape index (κ3) is 2.04. The summed E-state index contributed by atoms with van der Waals surface area (Å²) in [6.07, 6.45) is 1.64. The van der Waals surface area contributed by atoms with Crippen LogP contribution in [0.25, 0.3) is 11.5 Å². The first kappa shape index (κ1) is 10.2. The van der Waals surface area contributed by atoms with Crippen LogP contribution in [0.15, 0.2) is 23.1 Å². The molecule has 82 valence electrons. The first-order chi connectivity index (χ1) is 7.69. The molecule has 0 radical (unpaired) electrons. The summed E-state index contributed by atoms with van der Waals surface area (Å²) >= 11 is 0. The summed E-state index contributed by atoms with van der Waals surface area (Å²) in [6, 6.07) is 3.66. The summed E-state index contributed by atoms with van der Waals surface area (Å²) in [6.45, 7) is 1.92. The number of nitrogens with one attached hydrogen (secondary N) is 2. The molecule has 0 aromatic carbocycles. The van der Waals surface area contributed by atoms with Gasteiger partial charge in [0.15, 0.2) is 5.82 Å². The van der Waals surface area contributed by atoms with Crippen molar-refractivity contribution in [3.8, 4) is 11.5 Å². The first-order valence-corrected chi connectivity index (χ1v) is 4.57. The highest BCUT2D eigenvalue weighted by atomic mass is 16.1. The zero-order chi connectivity index (χ0) is 11.5. The van der Waals surface area contributed by atoms with Crippen LogP contribution >= 0.6 is 0 Å². The van der Waals surface area contributed by atoms with Crippen LogP contribution in [0.5, 0.6) is 0 Å². The number of pyridine rings is 1. The number of hydrazine groups is 1. The molecule has 0 spiro atoms. The fourth-order valence-electron chi connectivity index (χ4n) is 1.24. The summed E-state index contributed by atoms with van der Waals surface area (Å²) in [5.41, 5.74) is 3.28. The van der Waals surface area contributed by atoms with Gasteiger partial charge in [0.1, 0.15) is 5.69 Å². The van der Waals surface area contributed by atoms with Crippen molar-refractivity contribution in [1.29, 1.82) is 0 Å². The number of rotatable bonds is 2. The Bertz CT molecular complexity index is 564. The molecule has 2 aromatic rings.